The Balaban J connectivity index is 1.92. The fourth-order valence-corrected chi connectivity index (χ4v) is 4.76. The molecule has 2 amide bonds. The van der Waals surface area contributed by atoms with E-state index in [1.165, 1.54) is 18.2 Å². The third kappa shape index (κ3) is 7.79. The van der Waals surface area contributed by atoms with Gasteiger partial charge in [-0.2, -0.15) is 26.3 Å². The van der Waals surface area contributed by atoms with E-state index in [4.69, 9.17) is 0 Å². The number of hydrogen-bond donors (Lipinski definition) is 2. The molecule has 2 N–H and O–H groups in total. The summed E-state index contributed by atoms with van der Waals surface area (Å²) in [5.41, 5.74) is -5.58. The zero-order chi connectivity index (χ0) is 29.2. The van der Waals surface area contributed by atoms with Crippen LogP contribution in [0.3, 0.4) is 0 Å². The fraction of sp³-hybridized carbons (Fsp3) is 0.333. The molecule has 1 aliphatic rings. The van der Waals surface area contributed by atoms with Crippen LogP contribution < -0.4 is 10.6 Å². The molecule has 0 atom stereocenters. The van der Waals surface area contributed by atoms with Crippen molar-refractivity contribution in [2.24, 2.45) is 0 Å². The minimum absolute atomic E-state index is 0.0992. The Hall–Kier alpha value is -3.46. The van der Waals surface area contributed by atoms with Crippen molar-refractivity contribution in [2.75, 3.05) is 24.7 Å². The number of alkyl halides is 6. The Kier molecular flexibility index (Phi) is 8.46. The van der Waals surface area contributed by atoms with Gasteiger partial charge in [-0.05, 0) is 54.8 Å². The van der Waals surface area contributed by atoms with Crippen LogP contribution in [0.15, 0.2) is 48.5 Å². The van der Waals surface area contributed by atoms with Gasteiger partial charge in [0.15, 0.2) is 0 Å². The molecule has 0 bridgehead atoms. The summed E-state index contributed by atoms with van der Waals surface area (Å²) in [6.07, 6.45) is -7.76. The van der Waals surface area contributed by atoms with Crippen molar-refractivity contribution in [1.29, 1.82) is 0 Å². The van der Waals surface area contributed by atoms with Gasteiger partial charge in [-0.15, -0.1) is 0 Å². The van der Waals surface area contributed by atoms with E-state index < -0.39 is 62.4 Å². The number of amides is 2. The molecule has 1 heterocycles. The number of anilines is 1. The van der Waals surface area contributed by atoms with Crippen molar-refractivity contribution in [1.82, 2.24) is 9.62 Å². The number of sulfonamides is 1. The van der Waals surface area contributed by atoms with Crippen molar-refractivity contribution >= 4 is 33.6 Å². The minimum atomic E-state index is -5.15. The molecule has 0 saturated carbocycles. The van der Waals surface area contributed by atoms with Gasteiger partial charge in [-0.3, -0.25) is 9.59 Å². The molecule has 3 rings (SSSR count). The Morgan fingerprint density at radius 3 is 1.90 bits per heavy atom. The number of benzene rings is 2. The van der Waals surface area contributed by atoms with Crippen LogP contribution in [0.2, 0.25) is 0 Å². The zero-order valence-electron chi connectivity index (χ0n) is 20.2. The molecule has 7 nitrogen and oxygen atoms in total. The predicted octanol–water partition coefficient (Wildman–Crippen LogP) is 4.43. The summed E-state index contributed by atoms with van der Waals surface area (Å²) in [6, 6.07) is 5.54. The highest BCUT2D eigenvalue weighted by Gasteiger charge is 2.44. The van der Waals surface area contributed by atoms with Crippen LogP contribution in [0.4, 0.5) is 36.4 Å². The summed E-state index contributed by atoms with van der Waals surface area (Å²) >= 11 is 0. The van der Waals surface area contributed by atoms with Crippen molar-refractivity contribution in [3.63, 3.8) is 0 Å². The molecule has 2 aromatic carbocycles. The van der Waals surface area contributed by atoms with Crippen molar-refractivity contribution < 1.29 is 48.7 Å². The maximum atomic E-state index is 13.3. The van der Waals surface area contributed by atoms with Gasteiger partial charge >= 0.3 is 12.4 Å². The molecule has 212 valence electrons. The van der Waals surface area contributed by atoms with Gasteiger partial charge in [0.05, 0.1) is 17.4 Å². The van der Waals surface area contributed by atoms with Crippen molar-refractivity contribution in [3.8, 4) is 0 Å². The smallest absolute Gasteiger partial charge is 0.338 e. The molecule has 0 radical (unpaired) electrons. The first kappa shape index (κ1) is 30.1. The second kappa shape index (κ2) is 11.0. The summed E-state index contributed by atoms with van der Waals surface area (Å²) in [5, 5.41) is 4.45. The van der Waals surface area contributed by atoms with Crippen LogP contribution in [0.25, 0.3) is 6.08 Å². The highest BCUT2D eigenvalue weighted by atomic mass is 32.2. The van der Waals surface area contributed by atoms with E-state index in [2.05, 4.69) is 5.32 Å². The number of hydrogen-bond acceptors (Lipinski definition) is 4. The monoisotopic (exact) mass is 581 g/mol. The van der Waals surface area contributed by atoms with Gasteiger partial charge in [-0.25, -0.2) is 17.1 Å². The van der Waals surface area contributed by atoms with Crippen LogP contribution in [-0.4, -0.2) is 49.4 Å². The van der Waals surface area contributed by atoms with Crippen LogP contribution in [0, 0.1) is 5.82 Å². The Bertz CT molecular complexity index is 1330. The molecule has 39 heavy (non-hydrogen) atoms. The predicted molar refractivity (Wildman–Crippen MR) is 127 cm³/mol. The number of nitrogens with zero attached hydrogens (tertiary/aromatic N) is 1. The van der Waals surface area contributed by atoms with Gasteiger partial charge in [0, 0.05) is 24.9 Å². The van der Waals surface area contributed by atoms with Crippen LogP contribution in [0.1, 0.15) is 29.5 Å². The van der Waals surface area contributed by atoms with Crippen LogP contribution in [0.5, 0.6) is 0 Å². The lowest BCUT2D eigenvalue weighted by Crippen LogP contribution is -2.62. The first-order valence-corrected chi connectivity index (χ1v) is 13.1. The first-order chi connectivity index (χ1) is 17.9. The van der Waals surface area contributed by atoms with E-state index in [1.807, 2.05) is 5.32 Å². The third-order valence-electron chi connectivity index (χ3n) is 5.98. The molecule has 1 aliphatic heterocycles. The summed E-state index contributed by atoms with van der Waals surface area (Å²) in [6.45, 7) is -0.519. The maximum Gasteiger partial charge on any atom is 0.416 e. The number of carbonyl (C=O) groups is 2. The van der Waals surface area contributed by atoms with Gasteiger partial charge in [0.2, 0.25) is 21.8 Å². The van der Waals surface area contributed by atoms with Gasteiger partial charge in [-0.1, -0.05) is 12.1 Å². The molecule has 0 aliphatic carbocycles. The number of carbonyl (C=O) groups excluding carboxylic acids is 2. The molecule has 0 spiro atoms. The Labute approximate surface area is 218 Å². The van der Waals surface area contributed by atoms with Crippen LogP contribution in [-0.2, 0) is 32.0 Å². The maximum absolute atomic E-state index is 13.3. The molecule has 1 saturated heterocycles. The molecule has 0 unspecified atom stereocenters. The first-order valence-electron chi connectivity index (χ1n) is 11.2. The molecule has 0 aromatic heterocycles. The standard InChI is InChI=1S/C24H22F7N3O4S/c1-39(37,38)34-10-8-22(9-11-34,33-20(35)7-4-15-2-5-18(25)6-3-15)21(36)32-19-13-16(23(26,27)28)12-17(14-19)24(29,30)31/h2-7,12-14H,8-11H2,1H3,(H,32,36)(H,33,35)/b7-4+. The van der Waals surface area contributed by atoms with E-state index in [-0.39, 0.29) is 32.0 Å². The zero-order valence-corrected chi connectivity index (χ0v) is 21.0. The van der Waals surface area contributed by atoms with E-state index in [9.17, 15) is 48.7 Å². The number of rotatable bonds is 6. The molecular formula is C24H22F7N3O4S. The normalized spacial score (nSPS) is 16.7. The lowest BCUT2D eigenvalue weighted by molar-refractivity contribution is -0.143. The SMILES string of the molecule is CS(=O)(=O)N1CCC(NC(=O)/C=C/c2ccc(F)cc2)(C(=O)Nc2cc(C(F)(F)F)cc(C(F)(F)F)c2)CC1. The fourth-order valence-electron chi connectivity index (χ4n) is 3.91. The van der Waals surface area contributed by atoms with E-state index in [0.717, 1.165) is 28.8 Å². The highest BCUT2D eigenvalue weighted by Crippen LogP contribution is 2.38. The second-order valence-electron chi connectivity index (χ2n) is 8.87. The Morgan fingerprint density at radius 1 is 0.923 bits per heavy atom. The average molecular weight is 582 g/mol. The van der Waals surface area contributed by atoms with E-state index >= 15 is 0 Å². The average Bonchev–Trinajstić information content (AvgIpc) is 2.82. The number of nitrogens with one attached hydrogen (secondary N) is 2. The lowest BCUT2D eigenvalue weighted by Gasteiger charge is -2.40. The summed E-state index contributed by atoms with van der Waals surface area (Å²) in [5.74, 6) is -2.51. The molecular weight excluding hydrogens is 559 g/mol. The quantitative estimate of drug-likeness (QED) is 0.390. The summed E-state index contributed by atoms with van der Waals surface area (Å²) < 4.78 is 117. The molecule has 15 heteroatoms. The highest BCUT2D eigenvalue weighted by molar-refractivity contribution is 7.88. The van der Waals surface area contributed by atoms with Crippen molar-refractivity contribution in [3.05, 3.63) is 71.0 Å². The van der Waals surface area contributed by atoms with Gasteiger partial charge in [0.25, 0.3) is 0 Å². The molecule has 2 aromatic rings. The topological polar surface area (TPSA) is 95.6 Å². The van der Waals surface area contributed by atoms with Crippen LogP contribution >= 0.6 is 0 Å². The van der Waals surface area contributed by atoms with Gasteiger partial charge in [0.1, 0.15) is 11.4 Å². The summed E-state index contributed by atoms with van der Waals surface area (Å²) in [7, 11) is -3.69. The minimum Gasteiger partial charge on any atom is -0.338 e. The summed E-state index contributed by atoms with van der Waals surface area (Å²) in [4.78, 5) is 26.0. The van der Waals surface area contributed by atoms with Crippen molar-refractivity contribution in [2.45, 2.75) is 30.7 Å². The lowest BCUT2D eigenvalue weighted by atomic mass is 9.86. The largest absolute Gasteiger partial charge is 0.416 e. The van der Waals surface area contributed by atoms with E-state index in [1.54, 1.807) is 0 Å². The van der Waals surface area contributed by atoms with Gasteiger partial charge < -0.3 is 10.6 Å². The number of piperidine rings is 1. The van der Waals surface area contributed by atoms with E-state index in [0.29, 0.717) is 17.7 Å². The number of halogens is 7. The second-order valence-corrected chi connectivity index (χ2v) is 10.8. The third-order valence-corrected chi connectivity index (χ3v) is 7.29. The molecule has 1 fully saturated rings. The Morgan fingerprint density at radius 2 is 1.44 bits per heavy atom.